The predicted octanol–water partition coefficient (Wildman–Crippen LogP) is -0.623. The molecule has 0 radical (unpaired) electrons. The summed E-state index contributed by atoms with van der Waals surface area (Å²) in [6.45, 7) is 1.18. The molecule has 0 saturated carbocycles. The summed E-state index contributed by atoms with van der Waals surface area (Å²) in [5.74, 6) is 0. The molecular weight excluding hydrogens is 256 g/mol. The molecule has 0 fully saturated rings. The second-order valence-corrected chi connectivity index (χ2v) is 4.28. The Bertz CT molecular complexity index is 487. The van der Waals surface area contributed by atoms with Crippen LogP contribution in [0.1, 0.15) is 12.6 Å². The van der Waals surface area contributed by atoms with Gasteiger partial charge in [0.2, 0.25) is 0 Å². The van der Waals surface area contributed by atoms with Gasteiger partial charge in [0, 0.05) is 0 Å². The maximum atomic E-state index is 12.4. The Kier molecular flexibility index (Phi) is 5.03. The van der Waals surface area contributed by atoms with Crippen molar-refractivity contribution in [1.82, 2.24) is 0 Å². The van der Waals surface area contributed by atoms with Gasteiger partial charge in [0.1, 0.15) is 4.90 Å². The topological polar surface area (TPSA) is 54.4 Å². The Hall–Kier alpha value is -0.0800. The van der Waals surface area contributed by atoms with Crippen LogP contribution in [-0.2, 0) is 16.3 Å². The molecule has 0 aromatic heterocycles. The molecular formula is C8H8F3NaO3S. The average Bonchev–Trinajstić information content (AvgIpc) is 1.99. The molecule has 0 atom stereocenters. The fourth-order valence-electron chi connectivity index (χ4n) is 1.22. The smallest absolute Gasteiger partial charge is 1.00 e. The molecule has 8 heteroatoms. The van der Waals surface area contributed by atoms with E-state index in [4.69, 9.17) is 4.55 Å². The molecule has 0 saturated heterocycles. The van der Waals surface area contributed by atoms with E-state index >= 15 is 0 Å². The van der Waals surface area contributed by atoms with E-state index < -0.39 is 26.8 Å². The quantitative estimate of drug-likeness (QED) is 0.543. The summed E-state index contributed by atoms with van der Waals surface area (Å²) in [7, 11) is -4.87. The van der Waals surface area contributed by atoms with Crippen molar-refractivity contribution in [2.45, 2.75) is 18.0 Å². The van der Waals surface area contributed by atoms with E-state index in [-0.39, 0.29) is 36.5 Å². The molecule has 0 aliphatic rings. The molecule has 16 heavy (non-hydrogen) atoms. The van der Waals surface area contributed by atoms with Gasteiger partial charge in [-0.1, -0.05) is 12.1 Å². The summed E-state index contributed by atoms with van der Waals surface area (Å²) >= 11 is 0. The van der Waals surface area contributed by atoms with Gasteiger partial charge in [0.15, 0.2) is 0 Å². The Morgan fingerprint density at radius 2 is 1.81 bits per heavy atom. The third kappa shape index (κ3) is 3.46. The van der Waals surface area contributed by atoms with E-state index in [1.54, 1.807) is 0 Å². The van der Waals surface area contributed by atoms with Gasteiger partial charge in [-0.15, -0.1) is 0 Å². The predicted molar refractivity (Wildman–Crippen MR) is 47.1 cm³/mol. The van der Waals surface area contributed by atoms with Gasteiger partial charge in [-0.25, -0.2) is 0 Å². The maximum Gasteiger partial charge on any atom is 1.00 e. The minimum absolute atomic E-state index is 0. The van der Waals surface area contributed by atoms with Crippen LogP contribution in [0.25, 0.3) is 0 Å². The SMILES string of the molecule is Cc1cccc(C(F)(F)F)c1S(=O)(=O)O.[H-].[Na+]. The number of alkyl halides is 3. The van der Waals surface area contributed by atoms with Crippen molar-refractivity contribution in [2.24, 2.45) is 0 Å². The summed E-state index contributed by atoms with van der Waals surface area (Å²) in [5, 5.41) is 0. The number of aryl methyl sites for hydroxylation is 1. The molecule has 3 nitrogen and oxygen atoms in total. The fourth-order valence-corrected chi connectivity index (χ4v) is 2.15. The Morgan fingerprint density at radius 1 is 1.31 bits per heavy atom. The normalized spacial score (nSPS) is 12.1. The molecule has 1 rings (SSSR count). The summed E-state index contributed by atoms with van der Waals surface area (Å²) in [5.41, 5.74) is -1.50. The number of rotatable bonds is 1. The maximum absolute atomic E-state index is 12.4. The van der Waals surface area contributed by atoms with E-state index in [0.717, 1.165) is 6.07 Å². The molecule has 0 unspecified atom stereocenters. The molecule has 0 bridgehead atoms. The largest absolute Gasteiger partial charge is 1.00 e. The molecule has 1 aromatic rings. The molecule has 1 aromatic carbocycles. The third-order valence-corrected chi connectivity index (χ3v) is 2.83. The van der Waals surface area contributed by atoms with Crippen LogP contribution >= 0.6 is 0 Å². The summed E-state index contributed by atoms with van der Waals surface area (Å²) in [6, 6.07) is 2.86. The first-order valence-corrected chi connectivity index (χ1v) is 5.22. The van der Waals surface area contributed by atoms with Gasteiger partial charge in [-0.2, -0.15) is 21.6 Å². The van der Waals surface area contributed by atoms with E-state index in [2.05, 4.69) is 0 Å². The summed E-state index contributed by atoms with van der Waals surface area (Å²) in [4.78, 5) is -1.09. The molecule has 0 heterocycles. The molecule has 0 spiro atoms. The molecule has 1 N–H and O–H groups in total. The van der Waals surface area contributed by atoms with Gasteiger partial charge < -0.3 is 1.43 Å². The van der Waals surface area contributed by atoms with Crippen molar-refractivity contribution in [3.8, 4) is 0 Å². The second kappa shape index (κ2) is 5.05. The minimum atomic E-state index is -4.87. The number of hydrogen-bond donors (Lipinski definition) is 1. The third-order valence-electron chi connectivity index (χ3n) is 1.78. The van der Waals surface area contributed by atoms with Crippen molar-refractivity contribution in [3.05, 3.63) is 29.3 Å². The average molecular weight is 264 g/mol. The first-order chi connectivity index (χ1) is 6.64. The summed E-state index contributed by atoms with van der Waals surface area (Å²) in [6.07, 6.45) is -4.81. The van der Waals surface area contributed by atoms with Crippen molar-refractivity contribution >= 4 is 10.1 Å². The van der Waals surface area contributed by atoms with E-state index in [0.29, 0.717) is 6.07 Å². The van der Waals surface area contributed by atoms with Gasteiger partial charge in [0.25, 0.3) is 10.1 Å². The van der Waals surface area contributed by atoms with E-state index in [1.807, 2.05) is 0 Å². The van der Waals surface area contributed by atoms with Gasteiger partial charge >= 0.3 is 35.7 Å². The van der Waals surface area contributed by atoms with Crippen LogP contribution in [0.4, 0.5) is 13.2 Å². The van der Waals surface area contributed by atoms with Crippen LogP contribution in [0.15, 0.2) is 23.1 Å². The second-order valence-electron chi connectivity index (χ2n) is 2.92. The van der Waals surface area contributed by atoms with Gasteiger partial charge in [0.05, 0.1) is 5.56 Å². The standard InChI is InChI=1S/C8H7F3O3S.Na.H/c1-5-3-2-4-6(8(9,10)11)7(5)15(12,13)14;;/h2-4H,1H3,(H,12,13,14);;/q;+1;-1. The van der Waals surface area contributed by atoms with Crippen molar-refractivity contribution in [1.29, 1.82) is 0 Å². The monoisotopic (exact) mass is 264 g/mol. The molecule has 0 aliphatic carbocycles. The van der Waals surface area contributed by atoms with Gasteiger partial charge in [-0.05, 0) is 18.6 Å². The van der Waals surface area contributed by atoms with Crippen molar-refractivity contribution in [2.75, 3.05) is 0 Å². The number of benzene rings is 1. The van der Waals surface area contributed by atoms with Gasteiger partial charge in [-0.3, -0.25) is 4.55 Å². The number of hydrogen-bond acceptors (Lipinski definition) is 2. The zero-order valence-corrected chi connectivity index (χ0v) is 11.4. The Balaban J connectivity index is 0. The molecule has 86 valence electrons. The van der Waals surface area contributed by atoms with Crippen LogP contribution in [0.3, 0.4) is 0 Å². The zero-order chi connectivity index (χ0) is 11.9. The van der Waals surface area contributed by atoms with E-state index in [9.17, 15) is 21.6 Å². The summed E-state index contributed by atoms with van der Waals surface area (Å²) < 4.78 is 67.4. The molecule has 0 aliphatic heterocycles. The van der Waals surface area contributed by atoms with Crippen LogP contribution in [-0.4, -0.2) is 13.0 Å². The Labute approximate surface area is 114 Å². The van der Waals surface area contributed by atoms with Crippen molar-refractivity contribution in [3.63, 3.8) is 0 Å². The van der Waals surface area contributed by atoms with Crippen LogP contribution < -0.4 is 29.6 Å². The number of halogens is 3. The first-order valence-electron chi connectivity index (χ1n) is 3.78. The Morgan fingerprint density at radius 3 is 2.12 bits per heavy atom. The minimum Gasteiger partial charge on any atom is -1.00 e. The van der Waals surface area contributed by atoms with Crippen molar-refractivity contribution < 1.29 is 57.1 Å². The van der Waals surface area contributed by atoms with Crippen LogP contribution in [0.5, 0.6) is 0 Å². The molecule has 0 amide bonds. The zero-order valence-electron chi connectivity index (χ0n) is 9.54. The van der Waals surface area contributed by atoms with Crippen LogP contribution in [0.2, 0.25) is 0 Å². The fraction of sp³-hybridized carbons (Fsp3) is 0.250. The first kappa shape index (κ1) is 15.9. The van der Waals surface area contributed by atoms with E-state index in [1.165, 1.54) is 13.0 Å². The van der Waals surface area contributed by atoms with Crippen LogP contribution in [0, 0.1) is 6.92 Å².